The van der Waals surface area contributed by atoms with Crippen LogP contribution in [-0.2, 0) is 22.7 Å². The fraction of sp³-hybridized carbons (Fsp3) is 0.241. The minimum Gasteiger partial charge on any atom is -0.494 e. The molecule has 3 heterocycles. The van der Waals surface area contributed by atoms with Gasteiger partial charge in [-0.1, -0.05) is 5.21 Å². The van der Waals surface area contributed by atoms with Crippen LogP contribution < -0.4 is 20.9 Å². The molecule has 0 fully saturated rings. The fourth-order valence-corrected chi connectivity index (χ4v) is 3.66. The highest BCUT2D eigenvalue weighted by molar-refractivity contribution is 5.82. The Morgan fingerprint density at radius 2 is 1.21 bits per heavy atom. The van der Waals surface area contributed by atoms with Gasteiger partial charge in [0.15, 0.2) is 0 Å². The molecule has 0 saturated heterocycles. The predicted molar refractivity (Wildman–Crippen MR) is 159 cm³/mol. The van der Waals surface area contributed by atoms with E-state index < -0.39 is 24.3 Å². The van der Waals surface area contributed by atoms with Crippen molar-refractivity contribution in [3.8, 4) is 11.5 Å². The van der Waals surface area contributed by atoms with Crippen LogP contribution in [0.5, 0.6) is 11.5 Å². The number of unbranched alkanes of at least 4 members (excludes halogenated alkanes) is 1. The van der Waals surface area contributed by atoms with E-state index in [0.29, 0.717) is 24.8 Å². The van der Waals surface area contributed by atoms with Crippen molar-refractivity contribution >= 4 is 45.4 Å². The first kappa shape index (κ1) is 36.6. The summed E-state index contributed by atoms with van der Waals surface area (Å²) in [5.41, 5.74) is 13.9. The number of benzene rings is 2. The number of aliphatic carboxylic acids is 2. The van der Waals surface area contributed by atoms with Crippen molar-refractivity contribution in [2.24, 2.45) is 0 Å². The van der Waals surface area contributed by atoms with Gasteiger partial charge in [0.2, 0.25) is 0 Å². The number of halogens is 6. The quantitative estimate of drug-likeness (QED) is 0.116. The lowest BCUT2D eigenvalue weighted by molar-refractivity contribution is -0.193. The Balaban J connectivity index is 0.000000376. The van der Waals surface area contributed by atoms with Crippen molar-refractivity contribution in [1.82, 2.24) is 25.0 Å². The molecular weight excluding hydrogens is 656 g/mol. The Morgan fingerprint density at radius 3 is 1.69 bits per heavy atom. The van der Waals surface area contributed by atoms with Gasteiger partial charge in [0.25, 0.3) is 0 Å². The Morgan fingerprint density at radius 1 is 0.729 bits per heavy atom. The minimum absolute atomic E-state index is 0.347. The molecule has 0 bridgehead atoms. The van der Waals surface area contributed by atoms with E-state index in [2.05, 4.69) is 20.3 Å². The molecular formula is C29H27F6N7O6. The molecule has 0 amide bonds. The first-order valence-electron chi connectivity index (χ1n) is 13.6. The van der Waals surface area contributed by atoms with Gasteiger partial charge < -0.3 is 31.2 Å². The number of nitrogen functional groups attached to an aromatic ring is 2. The van der Waals surface area contributed by atoms with E-state index in [4.69, 9.17) is 40.7 Å². The number of fused-ring (bicyclic) bond motifs is 2. The number of nitrogens with zero attached hydrogens (tertiary/aromatic N) is 5. The molecule has 5 aromatic rings. The first-order chi connectivity index (χ1) is 22.5. The molecule has 0 aliphatic rings. The van der Waals surface area contributed by atoms with Crippen LogP contribution in [0.25, 0.3) is 21.8 Å². The van der Waals surface area contributed by atoms with Crippen molar-refractivity contribution in [1.29, 1.82) is 0 Å². The summed E-state index contributed by atoms with van der Waals surface area (Å²) >= 11 is 0. The fourth-order valence-electron chi connectivity index (χ4n) is 3.66. The van der Waals surface area contributed by atoms with Crippen LogP contribution in [-0.4, -0.2) is 66.1 Å². The van der Waals surface area contributed by atoms with Crippen molar-refractivity contribution in [2.45, 2.75) is 38.3 Å². The number of carboxylic acid groups (broad SMARTS) is 2. The summed E-state index contributed by atoms with van der Waals surface area (Å²) in [4.78, 5) is 26.4. The average Bonchev–Trinajstić information content (AvgIpc) is 3.47. The topological polar surface area (TPSA) is 202 Å². The third-order valence-electron chi connectivity index (χ3n) is 5.87. The van der Waals surface area contributed by atoms with Gasteiger partial charge in [0.1, 0.15) is 35.4 Å². The van der Waals surface area contributed by atoms with Crippen LogP contribution in [0.15, 0.2) is 66.9 Å². The highest BCUT2D eigenvalue weighted by atomic mass is 19.4. The van der Waals surface area contributed by atoms with Crippen molar-refractivity contribution in [2.75, 3.05) is 18.1 Å². The van der Waals surface area contributed by atoms with Crippen LogP contribution in [0.3, 0.4) is 0 Å². The molecule has 0 aliphatic carbocycles. The zero-order chi connectivity index (χ0) is 35.5. The Labute approximate surface area is 266 Å². The Kier molecular flexibility index (Phi) is 12.3. The predicted octanol–water partition coefficient (Wildman–Crippen LogP) is 5.24. The van der Waals surface area contributed by atoms with E-state index in [1.807, 2.05) is 59.4 Å². The van der Waals surface area contributed by atoms with E-state index in [-0.39, 0.29) is 0 Å². The maximum Gasteiger partial charge on any atom is 0.490 e. The van der Waals surface area contributed by atoms with Crippen molar-refractivity contribution in [3.63, 3.8) is 0 Å². The van der Waals surface area contributed by atoms with Crippen molar-refractivity contribution in [3.05, 3.63) is 72.6 Å². The zero-order valence-electron chi connectivity index (χ0n) is 24.6. The molecule has 48 heavy (non-hydrogen) atoms. The molecule has 0 radical (unpaired) electrons. The number of rotatable bonds is 9. The molecule has 6 N–H and O–H groups in total. The summed E-state index contributed by atoms with van der Waals surface area (Å²) in [6.45, 7) is 1.74. The summed E-state index contributed by atoms with van der Waals surface area (Å²) in [5, 5.41) is 24.6. The second-order valence-corrected chi connectivity index (χ2v) is 9.60. The van der Waals surface area contributed by atoms with E-state index >= 15 is 0 Å². The minimum atomic E-state index is -5.08. The number of alkyl halides is 6. The highest BCUT2D eigenvalue weighted by Crippen LogP contribution is 2.22. The number of nitrogens with two attached hydrogens (primary N) is 2. The van der Waals surface area contributed by atoms with Gasteiger partial charge >= 0.3 is 24.3 Å². The zero-order valence-corrected chi connectivity index (χ0v) is 24.6. The van der Waals surface area contributed by atoms with Gasteiger partial charge in [-0.2, -0.15) is 26.3 Å². The lowest BCUT2D eigenvalue weighted by atomic mass is 10.2. The summed E-state index contributed by atoms with van der Waals surface area (Å²) in [6.07, 6.45) is -6.43. The maximum absolute atomic E-state index is 10.6. The summed E-state index contributed by atoms with van der Waals surface area (Å²) < 4.78 is 77.0. The molecule has 19 heteroatoms. The molecule has 0 atom stereocenters. The maximum atomic E-state index is 10.6. The lowest BCUT2D eigenvalue weighted by Gasteiger charge is -2.07. The van der Waals surface area contributed by atoms with Crippen LogP contribution in [0.2, 0.25) is 0 Å². The average molecular weight is 684 g/mol. The second kappa shape index (κ2) is 16.1. The Hall–Kier alpha value is -5.88. The summed E-state index contributed by atoms with van der Waals surface area (Å²) in [7, 11) is 0. The molecule has 256 valence electrons. The van der Waals surface area contributed by atoms with Gasteiger partial charge in [0, 0.05) is 17.3 Å². The normalized spacial score (nSPS) is 11.2. The van der Waals surface area contributed by atoms with Crippen LogP contribution in [0, 0.1) is 0 Å². The van der Waals surface area contributed by atoms with Gasteiger partial charge in [-0.05, 0) is 73.5 Å². The molecule has 0 aliphatic heterocycles. The number of aromatic nitrogens is 5. The molecule has 0 unspecified atom stereocenters. The van der Waals surface area contributed by atoms with Gasteiger partial charge in [-0.25, -0.2) is 19.6 Å². The van der Waals surface area contributed by atoms with Gasteiger partial charge in [-0.15, -0.1) is 5.10 Å². The number of aryl methyl sites for hydroxylation is 1. The largest absolute Gasteiger partial charge is 0.494 e. The van der Waals surface area contributed by atoms with E-state index in [1.54, 1.807) is 12.1 Å². The highest BCUT2D eigenvalue weighted by Gasteiger charge is 2.38. The molecule has 2 aromatic carbocycles. The van der Waals surface area contributed by atoms with Crippen LogP contribution in [0.1, 0.15) is 18.5 Å². The summed E-state index contributed by atoms with van der Waals surface area (Å²) in [5.74, 6) is -2.92. The standard InChI is InChI=1S/C25H25N7O2.2C2HF3O2/c26-24-9-3-17-13-20(5-7-22(17)28-24)33-12-2-1-11-32-15-19(30-31-32)16-34-21-6-8-23-18(14-21)4-10-25(27)29-23;2*3-2(4,5)1(6)7/h3-10,13-15H,1-2,11-12,16H2,(H2,26,28)(H2,27,29);2*(H,6,7). The van der Waals surface area contributed by atoms with Crippen LogP contribution >= 0.6 is 0 Å². The summed E-state index contributed by atoms with van der Waals surface area (Å²) in [6, 6.07) is 19.0. The Bertz CT molecular complexity index is 1830. The molecule has 0 spiro atoms. The van der Waals surface area contributed by atoms with Crippen LogP contribution in [0.4, 0.5) is 38.0 Å². The number of hydrogen-bond donors (Lipinski definition) is 4. The smallest absolute Gasteiger partial charge is 0.490 e. The number of carbonyl (C=O) groups is 2. The van der Waals surface area contributed by atoms with Gasteiger partial charge in [0.05, 0.1) is 23.8 Å². The number of ether oxygens (including phenoxy) is 2. The third kappa shape index (κ3) is 11.8. The van der Waals surface area contributed by atoms with E-state index in [0.717, 1.165) is 58.4 Å². The second-order valence-electron chi connectivity index (χ2n) is 9.60. The molecule has 5 rings (SSSR count). The molecule has 13 nitrogen and oxygen atoms in total. The van der Waals surface area contributed by atoms with Gasteiger partial charge in [-0.3, -0.25) is 4.68 Å². The first-order valence-corrected chi connectivity index (χ1v) is 13.6. The molecule has 0 saturated carbocycles. The number of hydrogen-bond acceptors (Lipinski definition) is 10. The number of pyridine rings is 2. The molecule has 3 aromatic heterocycles. The lowest BCUT2D eigenvalue weighted by Crippen LogP contribution is -2.21. The number of carboxylic acids is 2. The van der Waals surface area contributed by atoms with E-state index in [1.165, 1.54) is 0 Å². The SMILES string of the molecule is Nc1ccc2cc(OCCCCn3cc(COc4ccc5nc(N)ccc5c4)nn3)ccc2n1.O=C(O)C(F)(F)F.O=C(O)C(F)(F)F. The monoisotopic (exact) mass is 683 g/mol. The van der Waals surface area contributed by atoms with E-state index in [9.17, 15) is 26.3 Å². The van der Waals surface area contributed by atoms with Crippen molar-refractivity contribution < 1.29 is 55.6 Å². The number of anilines is 2. The third-order valence-corrected chi connectivity index (χ3v) is 5.87.